The first kappa shape index (κ1) is 25.8. The Balaban J connectivity index is 1.38. The maximum atomic E-state index is 12.6. The molecule has 1 aromatic carbocycles. The van der Waals surface area contributed by atoms with Gasteiger partial charge >= 0.3 is 5.97 Å². The van der Waals surface area contributed by atoms with Gasteiger partial charge in [0.05, 0.1) is 10.0 Å². The first-order valence-corrected chi connectivity index (χ1v) is 12.8. The summed E-state index contributed by atoms with van der Waals surface area (Å²) in [6.45, 7) is 1.26. The average Bonchev–Trinajstić information content (AvgIpc) is 2.80. The molecule has 1 heterocycles. The van der Waals surface area contributed by atoms with Crippen molar-refractivity contribution in [2.75, 3.05) is 13.1 Å². The van der Waals surface area contributed by atoms with E-state index in [0.717, 1.165) is 44.1 Å². The minimum Gasteiger partial charge on any atom is -0.480 e. The number of amides is 2. The standard InChI is InChI=1S/C25H34Cl2N2O4/c26-20-8-6-18(14-21(20)27)7-9-24(31)29-12-10-19(11-13-29)16-23(30)28-22(25(32)33)15-17-4-2-1-3-5-17/h6,8,14,17,19,22H,1-5,7,9-13,15-16H2,(H,28,30)(H,32,33). The molecule has 8 heteroatoms. The molecule has 6 nitrogen and oxygen atoms in total. The van der Waals surface area contributed by atoms with Crippen LogP contribution in [-0.2, 0) is 20.8 Å². The number of rotatable bonds is 9. The summed E-state index contributed by atoms with van der Waals surface area (Å²) in [5, 5.41) is 13.3. The van der Waals surface area contributed by atoms with Crippen molar-refractivity contribution in [3.8, 4) is 0 Å². The zero-order valence-corrected chi connectivity index (χ0v) is 20.5. The van der Waals surface area contributed by atoms with Gasteiger partial charge in [-0.05, 0) is 55.2 Å². The summed E-state index contributed by atoms with van der Waals surface area (Å²) in [6.07, 6.45) is 8.99. The number of nitrogens with zero attached hydrogens (tertiary/aromatic N) is 1. The van der Waals surface area contributed by atoms with Crippen LogP contribution < -0.4 is 5.32 Å². The molecule has 182 valence electrons. The third kappa shape index (κ3) is 8.18. The van der Waals surface area contributed by atoms with E-state index in [2.05, 4.69) is 5.32 Å². The van der Waals surface area contributed by atoms with Crippen LogP contribution in [0.1, 0.15) is 69.8 Å². The minimum atomic E-state index is -0.948. The van der Waals surface area contributed by atoms with Crippen molar-refractivity contribution in [1.29, 1.82) is 0 Å². The Kier molecular flexibility index (Phi) is 9.87. The summed E-state index contributed by atoms with van der Waals surface area (Å²) in [6, 6.07) is 4.61. The van der Waals surface area contributed by atoms with Gasteiger partial charge in [0, 0.05) is 25.9 Å². The van der Waals surface area contributed by atoms with Crippen molar-refractivity contribution in [3.05, 3.63) is 33.8 Å². The number of carboxylic acids is 1. The second-order valence-electron chi connectivity index (χ2n) is 9.47. The van der Waals surface area contributed by atoms with E-state index in [1.807, 2.05) is 11.0 Å². The van der Waals surface area contributed by atoms with E-state index in [9.17, 15) is 19.5 Å². The molecule has 3 rings (SSSR count). The van der Waals surface area contributed by atoms with Crippen molar-refractivity contribution >= 4 is 41.0 Å². The second kappa shape index (κ2) is 12.6. The van der Waals surface area contributed by atoms with Gasteiger partial charge in [0.15, 0.2) is 0 Å². The molecule has 1 aromatic rings. The molecule has 1 atom stereocenters. The van der Waals surface area contributed by atoms with Crippen LogP contribution in [0, 0.1) is 11.8 Å². The number of piperidine rings is 1. The smallest absolute Gasteiger partial charge is 0.326 e. The van der Waals surface area contributed by atoms with E-state index < -0.39 is 12.0 Å². The lowest BCUT2D eigenvalue weighted by Gasteiger charge is -2.32. The van der Waals surface area contributed by atoms with Gasteiger partial charge in [0.25, 0.3) is 0 Å². The molecule has 0 radical (unpaired) electrons. The molecule has 2 amide bonds. The molecule has 1 aliphatic carbocycles. The molecular formula is C25H34Cl2N2O4. The van der Waals surface area contributed by atoms with Crippen LogP contribution >= 0.6 is 23.2 Å². The maximum absolute atomic E-state index is 12.6. The number of hydrogen-bond donors (Lipinski definition) is 2. The summed E-state index contributed by atoms with van der Waals surface area (Å²) in [5.74, 6) is -0.479. The monoisotopic (exact) mass is 496 g/mol. The Morgan fingerprint density at radius 2 is 1.70 bits per heavy atom. The number of aliphatic carboxylic acids is 1. The predicted molar refractivity (Wildman–Crippen MR) is 129 cm³/mol. The Morgan fingerprint density at radius 1 is 1.00 bits per heavy atom. The molecule has 1 aliphatic heterocycles. The van der Waals surface area contributed by atoms with E-state index in [-0.39, 0.29) is 17.7 Å². The minimum absolute atomic E-state index is 0.0994. The third-order valence-corrected chi connectivity index (χ3v) is 7.72. The van der Waals surface area contributed by atoms with Crippen LogP contribution in [0.25, 0.3) is 0 Å². The molecule has 1 saturated heterocycles. The molecular weight excluding hydrogens is 463 g/mol. The lowest BCUT2D eigenvalue weighted by Crippen LogP contribution is -2.44. The normalized spacial score (nSPS) is 18.7. The van der Waals surface area contributed by atoms with E-state index in [1.54, 1.807) is 12.1 Å². The van der Waals surface area contributed by atoms with Crippen LogP contribution in [0.5, 0.6) is 0 Å². The Labute approximate surface area is 206 Å². The molecule has 0 spiro atoms. The summed E-state index contributed by atoms with van der Waals surface area (Å²) < 4.78 is 0. The Morgan fingerprint density at radius 3 is 2.33 bits per heavy atom. The van der Waals surface area contributed by atoms with Gasteiger partial charge < -0.3 is 15.3 Å². The van der Waals surface area contributed by atoms with Gasteiger partial charge in [0.1, 0.15) is 6.04 Å². The highest BCUT2D eigenvalue weighted by Crippen LogP contribution is 2.28. The first-order chi connectivity index (χ1) is 15.8. The molecule has 2 N–H and O–H groups in total. The van der Waals surface area contributed by atoms with Gasteiger partial charge in [-0.3, -0.25) is 9.59 Å². The summed E-state index contributed by atoms with van der Waals surface area (Å²) >= 11 is 12.0. The highest BCUT2D eigenvalue weighted by molar-refractivity contribution is 6.42. The molecule has 1 unspecified atom stereocenters. The highest BCUT2D eigenvalue weighted by atomic mass is 35.5. The number of carbonyl (C=O) groups is 3. The van der Waals surface area contributed by atoms with Crippen molar-refractivity contribution in [3.63, 3.8) is 0 Å². The largest absolute Gasteiger partial charge is 0.480 e. The fraction of sp³-hybridized carbons (Fsp3) is 0.640. The van der Waals surface area contributed by atoms with Gasteiger partial charge in [-0.1, -0.05) is 61.4 Å². The Bertz CT molecular complexity index is 834. The molecule has 33 heavy (non-hydrogen) atoms. The van der Waals surface area contributed by atoms with Gasteiger partial charge in [-0.15, -0.1) is 0 Å². The van der Waals surface area contributed by atoms with Crippen LogP contribution in [0.3, 0.4) is 0 Å². The third-order valence-electron chi connectivity index (χ3n) is 6.98. The predicted octanol–water partition coefficient (Wildman–Crippen LogP) is 5.09. The van der Waals surface area contributed by atoms with Gasteiger partial charge in [-0.25, -0.2) is 4.79 Å². The van der Waals surface area contributed by atoms with Crippen molar-refractivity contribution in [1.82, 2.24) is 10.2 Å². The van der Waals surface area contributed by atoms with Gasteiger partial charge in [0.2, 0.25) is 11.8 Å². The van der Waals surface area contributed by atoms with Crippen molar-refractivity contribution in [2.45, 2.75) is 76.7 Å². The number of aryl methyl sites for hydroxylation is 1. The van der Waals surface area contributed by atoms with E-state index in [1.165, 1.54) is 6.42 Å². The molecule has 2 fully saturated rings. The lowest BCUT2D eigenvalue weighted by molar-refractivity contribution is -0.142. The van der Waals surface area contributed by atoms with Crippen molar-refractivity contribution < 1.29 is 19.5 Å². The Hall–Kier alpha value is -1.79. The average molecular weight is 497 g/mol. The highest BCUT2D eigenvalue weighted by Gasteiger charge is 2.28. The molecule has 2 aliphatic rings. The number of nitrogens with one attached hydrogen (secondary N) is 1. The number of hydrogen-bond acceptors (Lipinski definition) is 3. The summed E-state index contributed by atoms with van der Waals surface area (Å²) in [4.78, 5) is 38.6. The topological polar surface area (TPSA) is 86.7 Å². The fourth-order valence-electron chi connectivity index (χ4n) is 4.98. The summed E-state index contributed by atoms with van der Waals surface area (Å²) in [5.41, 5.74) is 0.977. The number of carboxylic acid groups (broad SMARTS) is 1. The zero-order valence-electron chi connectivity index (χ0n) is 19.0. The zero-order chi connectivity index (χ0) is 23.8. The number of benzene rings is 1. The van der Waals surface area contributed by atoms with Crippen LogP contribution in [-0.4, -0.2) is 46.9 Å². The van der Waals surface area contributed by atoms with E-state index >= 15 is 0 Å². The number of carbonyl (C=O) groups excluding carboxylic acids is 2. The van der Waals surface area contributed by atoms with E-state index in [0.29, 0.717) is 54.7 Å². The summed E-state index contributed by atoms with van der Waals surface area (Å²) in [7, 11) is 0. The number of halogens is 2. The molecule has 1 saturated carbocycles. The second-order valence-corrected chi connectivity index (χ2v) is 10.3. The maximum Gasteiger partial charge on any atom is 0.326 e. The first-order valence-electron chi connectivity index (χ1n) is 12.1. The molecule has 0 aromatic heterocycles. The van der Waals surface area contributed by atoms with Crippen molar-refractivity contribution in [2.24, 2.45) is 11.8 Å². The quantitative estimate of drug-likeness (QED) is 0.498. The lowest BCUT2D eigenvalue weighted by atomic mass is 9.84. The van der Waals surface area contributed by atoms with E-state index in [4.69, 9.17) is 23.2 Å². The fourth-order valence-corrected chi connectivity index (χ4v) is 5.30. The number of likely N-dealkylation sites (tertiary alicyclic amines) is 1. The van der Waals surface area contributed by atoms with Crippen LogP contribution in [0.4, 0.5) is 0 Å². The van der Waals surface area contributed by atoms with Gasteiger partial charge in [-0.2, -0.15) is 0 Å². The molecule has 0 bridgehead atoms. The SMILES string of the molecule is O=C(CC1CCN(C(=O)CCc2ccc(Cl)c(Cl)c2)CC1)NC(CC1CCCCC1)C(=O)O. The van der Waals surface area contributed by atoms with Crippen LogP contribution in [0.2, 0.25) is 10.0 Å². The van der Waals surface area contributed by atoms with Crippen LogP contribution in [0.15, 0.2) is 18.2 Å².